The van der Waals surface area contributed by atoms with Gasteiger partial charge in [-0.05, 0) is 17.7 Å². The van der Waals surface area contributed by atoms with Gasteiger partial charge in [-0.1, -0.05) is 39.8 Å². The summed E-state index contributed by atoms with van der Waals surface area (Å²) >= 11 is 11.0. The van der Waals surface area contributed by atoms with Gasteiger partial charge in [-0.15, -0.1) is 11.6 Å². The van der Waals surface area contributed by atoms with Crippen LogP contribution in [-0.4, -0.2) is 9.55 Å². The fourth-order valence-corrected chi connectivity index (χ4v) is 2.85. The Hall–Kier alpha value is -0.450. The average Bonchev–Trinajstić information content (AvgIpc) is 2.69. The highest BCUT2D eigenvalue weighted by Crippen LogP contribution is 2.23. The Morgan fingerprint density at radius 1 is 1.35 bits per heavy atom. The third kappa shape index (κ3) is 3.27. The number of halogens is 2. The molecule has 1 heterocycles. The van der Waals surface area contributed by atoms with E-state index in [1.165, 1.54) is 5.56 Å². The largest absolute Gasteiger partial charge is 0.325 e. The molecule has 0 atom stereocenters. The number of benzene rings is 1. The third-order valence-electron chi connectivity index (χ3n) is 2.46. The summed E-state index contributed by atoms with van der Waals surface area (Å²) in [5.41, 5.74) is 2.33. The Labute approximate surface area is 119 Å². The van der Waals surface area contributed by atoms with Gasteiger partial charge < -0.3 is 4.57 Å². The van der Waals surface area contributed by atoms with Gasteiger partial charge in [-0.3, -0.25) is 0 Å². The van der Waals surface area contributed by atoms with E-state index in [4.69, 9.17) is 11.6 Å². The summed E-state index contributed by atoms with van der Waals surface area (Å²) in [5, 5.41) is 1.00. The standard InChI is InChI=1S/C12H12BrClN2S/c1-16-11(6-14)7-15-12(16)17-8-9-2-4-10(13)5-3-9/h2-5,7H,6,8H2,1H3. The summed E-state index contributed by atoms with van der Waals surface area (Å²) in [5.74, 6) is 1.42. The maximum Gasteiger partial charge on any atom is 0.168 e. The first-order valence-corrected chi connectivity index (χ1v) is 7.46. The summed E-state index contributed by atoms with van der Waals surface area (Å²) in [7, 11) is 1.99. The van der Waals surface area contributed by atoms with E-state index in [1.54, 1.807) is 11.8 Å². The minimum absolute atomic E-state index is 0.502. The molecule has 5 heteroatoms. The molecule has 0 spiro atoms. The lowest BCUT2D eigenvalue weighted by atomic mass is 10.2. The molecule has 0 saturated carbocycles. The molecule has 1 aromatic heterocycles. The van der Waals surface area contributed by atoms with Crippen molar-refractivity contribution < 1.29 is 0 Å². The van der Waals surface area contributed by atoms with Crippen LogP contribution in [0, 0.1) is 0 Å². The van der Waals surface area contributed by atoms with Crippen LogP contribution in [0.15, 0.2) is 40.1 Å². The first-order valence-electron chi connectivity index (χ1n) is 5.14. The molecule has 0 aliphatic rings. The molecular weight excluding hydrogens is 320 g/mol. The lowest BCUT2D eigenvalue weighted by Crippen LogP contribution is -1.95. The predicted molar refractivity (Wildman–Crippen MR) is 76.5 cm³/mol. The number of imidazole rings is 1. The summed E-state index contributed by atoms with van der Waals surface area (Å²) in [4.78, 5) is 4.35. The number of rotatable bonds is 4. The van der Waals surface area contributed by atoms with Crippen molar-refractivity contribution >= 4 is 39.3 Å². The van der Waals surface area contributed by atoms with Crippen LogP contribution in [0.2, 0.25) is 0 Å². The Balaban J connectivity index is 2.02. The second-order valence-electron chi connectivity index (χ2n) is 3.64. The molecule has 90 valence electrons. The highest BCUT2D eigenvalue weighted by Gasteiger charge is 2.06. The zero-order chi connectivity index (χ0) is 12.3. The first-order chi connectivity index (χ1) is 8.20. The van der Waals surface area contributed by atoms with Crippen molar-refractivity contribution in [2.45, 2.75) is 16.8 Å². The molecule has 1 aromatic carbocycles. The van der Waals surface area contributed by atoms with Crippen molar-refractivity contribution in [2.75, 3.05) is 0 Å². The minimum Gasteiger partial charge on any atom is -0.325 e. The fourth-order valence-electron chi connectivity index (χ4n) is 1.41. The molecule has 17 heavy (non-hydrogen) atoms. The van der Waals surface area contributed by atoms with Crippen LogP contribution >= 0.6 is 39.3 Å². The Morgan fingerprint density at radius 2 is 2.06 bits per heavy atom. The summed E-state index contributed by atoms with van der Waals surface area (Å²) in [6.07, 6.45) is 1.83. The van der Waals surface area contributed by atoms with Gasteiger partial charge in [-0.25, -0.2) is 4.98 Å². The molecule has 2 aromatic rings. The number of thioether (sulfide) groups is 1. The van der Waals surface area contributed by atoms with Gasteiger partial charge in [0.05, 0.1) is 17.8 Å². The highest BCUT2D eigenvalue weighted by molar-refractivity contribution is 9.10. The number of hydrogen-bond acceptors (Lipinski definition) is 2. The van der Waals surface area contributed by atoms with Crippen LogP contribution in [0.4, 0.5) is 0 Å². The van der Waals surface area contributed by atoms with Gasteiger partial charge in [0.2, 0.25) is 0 Å². The smallest absolute Gasteiger partial charge is 0.168 e. The first kappa shape index (κ1) is 13.0. The molecule has 0 aliphatic heterocycles. The van der Waals surface area contributed by atoms with Crippen molar-refractivity contribution in [1.29, 1.82) is 0 Å². The van der Waals surface area contributed by atoms with Gasteiger partial charge in [0.1, 0.15) is 0 Å². The van der Waals surface area contributed by atoms with Crippen LogP contribution in [0.5, 0.6) is 0 Å². The number of alkyl halides is 1. The summed E-state index contributed by atoms with van der Waals surface area (Å²) in [6.45, 7) is 0. The van der Waals surface area contributed by atoms with E-state index in [0.717, 1.165) is 21.1 Å². The van der Waals surface area contributed by atoms with Crippen LogP contribution in [0.3, 0.4) is 0 Å². The molecule has 0 radical (unpaired) electrons. The van der Waals surface area contributed by atoms with E-state index in [-0.39, 0.29) is 0 Å². The van der Waals surface area contributed by atoms with E-state index < -0.39 is 0 Å². The molecule has 0 N–H and O–H groups in total. The van der Waals surface area contributed by atoms with Crippen molar-refractivity contribution in [1.82, 2.24) is 9.55 Å². The second-order valence-corrected chi connectivity index (χ2v) is 5.77. The summed E-state index contributed by atoms with van der Waals surface area (Å²) in [6, 6.07) is 8.34. The van der Waals surface area contributed by atoms with Gasteiger partial charge in [0, 0.05) is 17.3 Å². The predicted octanol–water partition coefficient (Wildman–Crippen LogP) is 4.21. The molecule has 0 saturated heterocycles. The molecule has 0 fully saturated rings. The zero-order valence-corrected chi connectivity index (χ0v) is 12.5. The lowest BCUT2D eigenvalue weighted by Gasteiger charge is -2.04. The van der Waals surface area contributed by atoms with Crippen molar-refractivity contribution in [3.63, 3.8) is 0 Å². The van der Waals surface area contributed by atoms with Gasteiger partial charge in [-0.2, -0.15) is 0 Å². The topological polar surface area (TPSA) is 17.8 Å². The van der Waals surface area contributed by atoms with Crippen LogP contribution in [0.25, 0.3) is 0 Å². The minimum atomic E-state index is 0.502. The highest BCUT2D eigenvalue weighted by atomic mass is 79.9. The van der Waals surface area contributed by atoms with Crippen LogP contribution < -0.4 is 0 Å². The average molecular weight is 332 g/mol. The van der Waals surface area contributed by atoms with Gasteiger partial charge >= 0.3 is 0 Å². The van der Waals surface area contributed by atoms with Crippen LogP contribution in [-0.2, 0) is 18.7 Å². The Kier molecular flexibility index (Phi) is 4.54. The van der Waals surface area contributed by atoms with E-state index in [9.17, 15) is 0 Å². The number of aromatic nitrogens is 2. The molecule has 2 rings (SSSR count). The molecule has 0 unspecified atom stereocenters. The van der Waals surface area contributed by atoms with Gasteiger partial charge in [0.25, 0.3) is 0 Å². The number of hydrogen-bond donors (Lipinski definition) is 0. The number of nitrogens with zero attached hydrogens (tertiary/aromatic N) is 2. The maximum atomic E-state index is 5.80. The Morgan fingerprint density at radius 3 is 2.65 bits per heavy atom. The quantitative estimate of drug-likeness (QED) is 0.617. The van der Waals surface area contributed by atoms with E-state index in [0.29, 0.717) is 5.88 Å². The molecule has 2 nitrogen and oxygen atoms in total. The second kappa shape index (κ2) is 5.94. The summed E-state index contributed by atoms with van der Waals surface area (Å²) < 4.78 is 3.14. The zero-order valence-electron chi connectivity index (χ0n) is 9.36. The van der Waals surface area contributed by atoms with Gasteiger partial charge in [0.15, 0.2) is 5.16 Å². The normalized spacial score (nSPS) is 10.8. The maximum absolute atomic E-state index is 5.80. The Bertz CT molecular complexity index is 496. The van der Waals surface area contributed by atoms with E-state index >= 15 is 0 Å². The molecule has 0 aliphatic carbocycles. The third-order valence-corrected chi connectivity index (χ3v) is 4.38. The van der Waals surface area contributed by atoms with Crippen molar-refractivity contribution in [3.8, 4) is 0 Å². The van der Waals surface area contributed by atoms with E-state index in [2.05, 4.69) is 45.2 Å². The molecular formula is C12H12BrClN2S. The van der Waals surface area contributed by atoms with Crippen molar-refractivity contribution in [3.05, 3.63) is 46.2 Å². The van der Waals surface area contributed by atoms with Crippen LogP contribution in [0.1, 0.15) is 11.3 Å². The SMILES string of the molecule is Cn1c(CCl)cnc1SCc1ccc(Br)cc1. The van der Waals surface area contributed by atoms with E-state index in [1.807, 2.05) is 17.8 Å². The monoisotopic (exact) mass is 330 g/mol. The fraction of sp³-hybridized carbons (Fsp3) is 0.250. The molecule has 0 bridgehead atoms. The van der Waals surface area contributed by atoms with Crippen molar-refractivity contribution in [2.24, 2.45) is 7.05 Å². The molecule has 0 amide bonds. The lowest BCUT2D eigenvalue weighted by molar-refractivity contribution is 0.761.